The van der Waals surface area contributed by atoms with Crippen LogP contribution in [0.15, 0.2) is 90.6 Å². The van der Waals surface area contributed by atoms with E-state index < -0.39 is 12.0 Å². The van der Waals surface area contributed by atoms with Gasteiger partial charge in [0.25, 0.3) is 0 Å². The van der Waals surface area contributed by atoms with Crippen LogP contribution in [0.3, 0.4) is 0 Å². The first-order valence-corrected chi connectivity index (χ1v) is 11.5. The van der Waals surface area contributed by atoms with Gasteiger partial charge in [-0.1, -0.05) is 42.6 Å². The highest BCUT2D eigenvalue weighted by atomic mass is 32.2. The van der Waals surface area contributed by atoms with E-state index in [4.69, 9.17) is 0 Å². The Morgan fingerprint density at radius 1 is 1.15 bits per heavy atom. The van der Waals surface area contributed by atoms with E-state index in [1.807, 2.05) is 18.2 Å². The van der Waals surface area contributed by atoms with Crippen molar-refractivity contribution in [3.05, 3.63) is 103 Å². The van der Waals surface area contributed by atoms with Crippen LogP contribution < -0.4 is 10.6 Å². The number of carbonyl (C=O) groups excluding carboxylic acids is 1. The van der Waals surface area contributed by atoms with Crippen molar-refractivity contribution < 1.29 is 9.18 Å². The smallest absolute Gasteiger partial charge is 0.236 e. The predicted molar refractivity (Wildman–Crippen MR) is 127 cm³/mol. The predicted octanol–water partition coefficient (Wildman–Crippen LogP) is 4.28. The second-order valence-corrected chi connectivity index (χ2v) is 8.54. The summed E-state index contributed by atoms with van der Waals surface area (Å²) in [5.74, 6) is -0.446. The van der Waals surface area contributed by atoms with E-state index in [-0.39, 0.29) is 11.7 Å². The minimum Gasteiger partial charge on any atom is -0.328 e. The van der Waals surface area contributed by atoms with E-state index in [2.05, 4.69) is 37.3 Å². The summed E-state index contributed by atoms with van der Waals surface area (Å²) in [7, 11) is 0. The van der Waals surface area contributed by atoms with Crippen molar-refractivity contribution in [2.75, 3.05) is 10.6 Å². The zero-order valence-electron chi connectivity index (χ0n) is 17.9. The number of rotatable bonds is 6. The Hall–Kier alpha value is -4.05. The minimum absolute atomic E-state index is 0.274. The van der Waals surface area contributed by atoms with E-state index in [0.29, 0.717) is 39.5 Å². The number of fused-ring (bicyclic) bond motifs is 1. The van der Waals surface area contributed by atoms with Gasteiger partial charge < -0.3 is 10.6 Å². The standard InChI is InChI=1S/C24H20FN7OS/c1-15-20(22(33)29-17-8-6-11-26-13-17)21(19-10-4-5-12-27-19)32-23(28-15)30-24(31-32)34-14-16-7-2-3-9-18(16)25/h2-13,20-21H,1,14H2,(H,29,33)(H,28,30,31). The normalized spacial score (nSPS) is 17.0. The van der Waals surface area contributed by atoms with Crippen molar-refractivity contribution in [3.63, 3.8) is 0 Å². The van der Waals surface area contributed by atoms with Gasteiger partial charge in [-0.25, -0.2) is 9.07 Å². The van der Waals surface area contributed by atoms with Crippen LogP contribution in [0.1, 0.15) is 17.3 Å². The maximum Gasteiger partial charge on any atom is 0.236 e. The molecule has 0 spiro atoms. The van der Waals surface area contributed by atoms with Gasteiger partial charge in [-0.15, -0.1) is 5.10 Å². The molecule has 2 atom stereocenters. The van der Waals surface area contributed by atoms with Crippen LogP contribution in [-0.2, 0) is 10.5 Å². The summed E-state index contributed by atoms with van der Waals surface area (Å²) >= 11 is 1.31. The molecule has 4 aromatic rings. The number of pyridine rings is 2. The molecule has 0 bridgehead atoms. The van der Waals surface area contributed by atoms with E-state index in [1.165, 1.54) is 17.8 Å². The largest absolute Gasteiger partial charge is 0.328 e. The molecule has 0 saturated carbocycles. The van der Waals surface area contributed by atoms with Crippen LogP contribution in [-0.4, -0.2) is 30.6 Å². The molecule has 10 heteroatoms. The number of carbonyl (C=O) groups is 1. The molecular formula is C24H20FN7OS. The van der Waals surface area contributed by atoms with Crippen LogP contribution in [0.5, 0.6) is 0 Å². The Morgan fingerprint density at radius 3 is 2.76 bits per heavy atom. The third-order valence-electron chi connectivity index (χ3n) is 5.36. The fraction of sp³-hybridized carbons (Fsp3) is 0.125. The lowest BCUT2D eigenvalue weighted by molar-refractivity contribution is -0.119. The van der Waals surface area contributed by atoms with Gasteiger partial charge in [0.1, 0.15) is 17.8 Å². The molecule has 0 radical (unpaired) electrons. The fourth-order valence-corrected chi connectivity index (χ4v) is 4.58. The molecule has 3 aromatic heterocycles. The molecule has 0 saturated heterocycles. The zero-order valence-corrected chi connectivity index (χ0v) is 18.7. The quantitative estimate of drug-likeness (QED) is 0.403. The highest BCUT2D eigenvalue weighted by molar-refractivity contribution is 7.98. The Balaban J connectivity index is 1.47. The van der Waals surface area contributed by atoms with E-state index in [9.17, 15) is 9.18 Å². The second-order valence-electron chi connectivity index (χ2n) is 7.60. The molecule has 1 aliphatic rings. The zero-order chi connectivity index (χ0) is 23.5. The number of nitrogens with zero attached hydrogens (tertiary/aromatic N) is 5. The number of amides is 1. The lowest BCUT2D eigenvalue weighted by Gasteiger charge is -2.33. The average Bonchev–Trinajstić information content (AvgIpc) is 3.26. The summed E-state index contributed by atoms with van der Waals surface area (Å²) in [6, 6.07) is 15.0. The Bertz CT molecular complexity index is 1330. The van der Waals surface area contributed by atoms with E-state index in [1.54, 1.807) is 53.6 Å². The first kappa shape index (κ1) is 21.8. The molecule has 34 heavy (non-hydrogen) atoms. The topological polar surface area (TPSA) is 97.6 Å². The molecule has 1 aliphatic heterocycles. The third kappa shape index (κ3) is 4.40. The number of benzene rings is 1. The van der Waals surface area contributed by atoms with Crippen molar-refractivity contribution >= 4 is 29.3 Å². The summed E-state index contributed by atoms with van der Waals surface area (Å²) in [6.45, 7) is 4.09. The SMILES string of the molecule is C=C1Nc2nc(SCc3ccccc3F)nn2C(c2ccccn2)C1C(=O)Nc1cccnc1. The van der Waals surface area contributed by atoms with Crippen molar-refractivity contribution in [3.8, 4) is 0 Å². The van der Waals surface area contributed by atoms with Crippen LogP contribution in [0, 0.1) is 11.7 Å². The van der Waals surface area contributed by atoms with Gasteiger partial charge in [0.2, 0.25) is 17.0 Å². The monoisotopic (exact) mass is 473 g/mol. The van der Waals surface area contributed by atoms with Crippen LogP contribution in [0.4, 0.5) is 16.0 Å². The number of anilines is 2. The Kier molecular flexibility index (Phi) is 6.05. The van der Waals surface area contributed by atoms with Crippen molar-refractivity contribution in [1.82, 2.24) is 24.7 Å². The van der Waals surface area contributed by atoms with Gasteiger partial charge in [0, 0.05) is 23.8 Å². The molecule has 1 amide bonds. The first-order valence-electron chi connectivity index (χ1n) is 10.5. The lowest BCUT2D eigenvalue weighted by atomic mass is 9.91. The number of thioether (sulfide) groups is 1. The minimum atomic E-state index is -0.714. The molecule has 0 fully saturated rings. The molecular weight excluding hydrogens is 453 g/mol. The highest BCUT2D eigenvalue weighted by Gasteiger charge is 2.41. The number of hydrogen-bond donors (Lipinski definition) is 2. The van der Waals surface area contributed by atoms with E-state index >= 15 is 0 Å². The van der Waals surface area contributed by atoms with Gasteiger partial charge in [-0.05, 0) is 35.9 Å². The van der Waals surface area contributed by atoms with Gasteiger partial charge in [-0.2, -0.15) is 4.98 Å². The number of aromatic nitrogens is 5. The summed E-state index contributed by atoms with van der Waals surface area (Å²) in [4.78, 5) is 26.4. The van der Waals surface area contributed by atoms with E-state index in [0.717, 1.165) is 0 Å². The average molecular weight is 474 g/mol. The summed E-state index contributed by atoms with van der Waals surface area (Å²) in [5, 5.41) is 11.1. The summed E-state index contributed by atoms with van der Waals surface area (Å²) in [6.07, 6.45) is 4.88. The maximum atomic E-state index is 14.0. The van der Waals surface area contributed by atoms with Crippen LogP contribution >= 0.6 is 11.8 Å². The van der Waals surface area contributed by atoms with Crippen molar-refractivity contribution in [1.29, 1.82) is 0 Å². The van der Waals surface area contributed by atoms with Gasteiger partial charge in [0.05, 0.1) is 17.6 Å². The molecule has 8 nitrogen and oxygen atoms in total. The molecule has 170 valence electrons. The van der Waals surface area contributed by atoms with Gasteiger partial charge >= 0.3 is 0 Å². The molecule has 5 rings (SSSR count). The fourth-order valence-electron chi connectivity index (χ4n) is 3.76. The maximum absolute atomic E-state index is 14.0. The number of nitrogens with one attached hydrogen (secondary N) is 2. The Morgan fingerprint density at radius 2 is 2.00 bits per heavy atom. The van der Waals surface area contributed by atoms with Gasteiger partial charge in [-0.3, -0.25) is 14.8 Å². The van der Waals surface area contributed by atoms with Crippen molar-refractivity contribution in [2.45, 2.75) is 17.0 Å². The Labute approximate surface area is 199 Å². The van der Waals surface area contributed by atoms with Crippen LogP contribution in [0.2, 0.25) is 0 Å². The number of halogens is 1. The summed E-state index contributed by atoms with van der Waals surface area (Å²) in [5.41, 5.74) is 2.26. The van der Waals surface area contributed by atoms with Gasteiger partial charge in [0.15, 0.2) is 0 Å². The number of hydrogen-bond acceptors (Lipinski definition) is 7. The van der Waals surface area contributed by atoms with Crippen molar-refractivity contribution in [2.24, 2.45) is 5.92 Å². The van der Waals surface area contributed by atoms with Crippen LogP contribution in [0.25, 0.3) is 0 Å². The molecule has 2 unspecified atom stereocenters. The molecule has 2 N–H and O–H groups in total. The first-order chi connectivity index (χ1) is 16.6. The second kappa shape index (κ2) is 9.44. The third-order valence-corrected chi connectivity index (χ3v) is 6.24. The summed E-state index contributed by atoms with van der Waals surface area (Å²) < 4.78 is 15.7. The molecule has 0 aliphatic carbocycles. The lowest BCUT2D eigenvalue weighted by Crippen LogP contribution is -2.40. The highest BCUT2D eigenvalue weighted by Crippen LogP contribution is 2.38. The molecule has 1 aromatic carbocycles. The molecule has 4 heterocycles.